The Morgan fingerprint density at radius 3 is 2.48 bits per heavy atom. The van der Waals surface area contributed by atoms with Crippen molar-refractivity contribution in [1.29, 1.82) is 0 Å². The van der Waals surface area contributed by atoms with Crippen LogP contribution in [0.2, 0.25) is 0 Å². The predicted octanol–water partition coefficient (Wildman–Crippen LogP) is 4.64. The van der Waals surface area contributed by atoms with E-state index in [4.69, 9.17) is 4.98 Å². The van der Waals surface area contributed by atoms with Gasteiger partial charge in [-0.1, -0.05) is 20.8 Å². The van der Waals surface area contributed by atoms with Gasteiger partial charge in [0.2, 0.25) is 0 Å². The molecule has 0 saturated carbocycles. The predicted molar refractivity (Wildman–Crippen MR) is 98.5 cm³/mol. The van der Waals surface area contributed by atoms with Crippen molar-refractivity contribution < 1.29 is 0 Å². The minimum absolute atomic E-state index is 0.0479. The number of nitrogens with zero attached hydrogens (tertiary/aromatic N) is 3. The number of rotatable bonds is 3. The Morgan fingerprint density at radius 1 is 1.24 bits per heavy atom. The van der Waals surface area contributed by atoms with Crippen LogP contribution in [0.5, 0.6) is 0 Å². The number of hydrogen-bond acceptors (Lipinski definition) is 4. The third-order valence-corrected chi connectivity index (χ3v) is 4.35. The number of halogens is 2. The average molecular weight is 461 g/mol. The molecule has 21 heavy (non-hydrogen) atoms. The molecule has 0 aliphatic heterocycles. The van der Waals surface area contributed by atoms with E-state index >= 15 is 0 Å². The summed E-state index contributed by atoms with van der Waals surface area (Å²) >= 11 is 5.71. The molecule has 2 aromatic heterocycles. The Kier molecular flexibility index (Phi) is 5.19. The van der Waals surface area contributed by atoms with Crippen LogP contribution >= 0.6 is 38.5 Å². The van der Waals surface area contributed by atoms with Gasteiger partial charge in [-0.05, 0) is 57.6 Å². The second-order valence-corrected chi connectivity index (χ2v) is 7.69. The summed E-state index contributed by atoms with van der Waals surface area (Å²) in [7, 11) is 0. The molecule has 0 bridgehead atoms. The largest absolute Gasteiger partial charge is 0.369 e. The quantitative estimate of drug-likeness (QED) is 0.678. The van der Waals surface area contributed by atoms with E-state index in [1.54, 1.807) is 6.20 Å². The van der Waals surface area contributed by atoms with Crippen molar-refractivity contribution >= 4 is 44.3 Å². The third-order valence-electron chi connectivity index (χ3n) is 2.86. The average Bonchev–Trinajstić information content (AvgIpc) is 2.41. The normalized spacial score (nSPS) is 11.5. The zero-order chi connectivity index (χ0) is 15.6. The maximum Gasteiger partial charge on any atom is 0.180 e. The van der Waals surface area contributed by atoms with E-state index in [-0.39, 0.29) is 5.41 Å². The molecule has 0 radical (unpaired) electrons. The van der Waals surface area contributed by atoms with Crippen LogP contribution in [0.25, 0.3) is 11.5 Å². The lowest BCUT2D eigenvalue weighted by atomic mass is 9.92. The number of hydrogen-bond donors (Lipinski definition) is 1. The van der Waals surface area contributed by atoms with Crippen molar-refractivity contribution in [2.24, 2.45) is 0 Å². The molecule has 0 unspecified atom stereocenters. The Balaban J connectivity index is 2.61. The van der Waals surface area contributed by atoms with Gasteiger partial charge >= 0.3 is 0 Å². The molecule has 2 heterocycles. The van der Waals surface area contributed by atoms with E-state index in [1.165, 1.54) is 0 Å². The molecule has 112 valence electrons. The monoisotopic (exact) mass is 460 g/mol. The van der Waals surface area contributed by atoms with Crippen molar-refractivity contribution in [2.45, 2.75) is 33.1 Å². The van der Waals surface area contributed by atoms with Crippen LogP contribution in [0.1, 0.15) is 33.4 Å². The first kappa shape index (κ1) is 16.6. The smallest absolute Gasteiger partial charge is 0.180 e. The van der Waals surface area contributed by atoms with Crippen LogP contribution in [0.3, 0.4) is 0 Å². The van der Waals surface area contributed by atoms with Gasteiger partial charge in [0.15, 0.2) is 5.82 Å². The van der Waals surface area contributed by atoms with Gasteiger partial charge in [-0.25, -0.2) is 9.97 Å². The van der Waals surface area contributed by atoms with E-state index in [2.05, 4.69) is 81.5 Å². The van der Waals surface area contributed by atoms with Gasteiger partial charge in [0, 0.05) is 22.6 Å². The first-order valence-corrected chi connectivity index (χ1v) is 8.64. The van der Waals surface area contributed by atoms with E-state index in [0.29, 0.717) is 5.82 Å². The number of aromatic nitrogens is 3. The van der Waals surface area contributed by atoms with E-state index in [0.717, 1.165) is 31.8 Å². The molecule has 0 saturated heterocycles. The van der Waals surface area contributed by atoms with Crippen molar-refractivity contribution in [3.63, 3.8) is 0 Å². The first-order chi connectivity index (χ1) is 9.82. The fraction of sp³-hybridized carbons (Fsp3) is 0.400. The first-order valence-electron chi connectivity index (χ1n) is 6.76. The zero-order valence-corrected chi connectivity index (χ0v) is 16.3. The highest BCUT2D eigenvalue weighted by molar-refractivity contribution is 14.1. The SMILES string of the molecule is CCNc1nc(-c2ccc(Br)cn2)nc(C(C)(C)C)c1I. The molecule has 0 aliphatic rings. The summed E-state index contributed by atoms with van der Waals surface area (Å²) in [4.78, 5) is 13.8. The summed E-state index contributed by atoms with van der Waals surface area (Å²) in [6.07, 6.45) is 1.76. The Bertz CT molecular complexity index is 635. The lowest BCUT2D eigenvalue weighted by Gasteiger charge is -2.22. The number of nitrogens with one attached hydrogen (secondary N) is 1. The standard InChI is InChI=1S/C15H18BrIN4/c1-5-18-14-11(17)12(15(2,3)4)20-13(21-14)10-7-6-9(16)8-19-10/h6-8H,5H2,1-4H3,(H,18,20,21). The van der Waals surface area contributed by atoms with Gasteiger partial charge in [-0.3, -0.25) is 4.98 Å². The fourth-order valence-corrected chi connectivity index (χ4v) is 3.33. The van der Waals surface area contributed by atoms with Crippen LogP contribution in [0.15, 0.2) is 22.8 Å². The molecule has 0 fully saturated rings. The molecule has 2 rings (SSSR count). The van der Waals surface area contributed by atoms with E-state index in [1.807, 2.05) is 12.1 Å². The molecule has 0 aromatic carbocycles. The van der Waals surface area contributed by atoms with Gasteiger partial charge in [-0.2, -0.15) is 0 Å². The summed E-state index contributed by atoms with van der Waals surface area (Å²) in [5.41, 5.74) is 1.77. The van der Waals surface area contributed by atoms with Crippen LogP contribution < -0.4 is 5.32 Å². The molecule has 0 amide bonds. The van der Waals surface area contributed by atoms with Gasteiger partial charge < -0.3 is 5.32 Å². The molecule has 4 nitrogen and oxygen atoms in total. The molecule has 2 aromatic rings. The summed E-state index contributed by atoms with van der Waals surface area (Å²) in [6.45, 7) is 9.36. The highest BCUT2D eigenvalue weighted by Gasteiger charge is 2.23. The van der Waals surface area contributed by atoms with Gasteiger partial charge in [0.25, 0.3) is 0 Å². The van der Waals surface area contributed by atoms with Crippen molar-refractivity contribution in [3.05, 3.63) is 32.1 Å². The van der Waals surface area contributed by atoms with E-state index in [9.17, 15) is 0 Å². The lowest BCUT2D eigenvalue weighted by Crippen LogP contribution is -2.19. The van der Waals surface area contributed by atoms with Crippen LogP contribution in [0, 0.1) is 3.57 Å². The van der Waals surface area contributed by atoms with Crippen LogP contribution in [-0.2, 0) is 5.41 Å². The zero-order valence-electron chi connectivity index (χ0n) is 12.5. The Hall–Kier alpha value is -0.760. The van der Waals surface area contributed by atoms with Crippen molar-refractivity contribution in [1.82, 2.24) is 15.0 Å². The fourth-order valence-electron chi connectivity index (χ4n) is 1.85. The molecule has 6 heteroatoms. The highest BCUT2D eigenvalue weighted by Crippen LogP contribution is 2.31. The number of anilines is 1. The second kappa shape index (κ2) is 6.56. The van der Waals surface area contributed by atoms with Gasteiger partial charge in [-0.15, -0.1) is 0 Å². The summed E-state index contributed by atoms with van der Waals surface area (Å²) < 4.78 is 2.02. The molecular weight excluding hydrogens is 443 g/mol. The molecule has 0 aliphatic carbocycles. The Labute approximate surface area is 147 Å². The molecule has 0 spiro atoms. The maximum absolute atomic E-state index is 4.75. The van der Waals surface area contributed by atoms with Gasteiger partial charge in [0.1, 0.15) is 11.5 Å². The molecular formula is C15H18BrIN4. The molecule has 0 atom stereocenters. The second-order valence-electron chi connectivity index (χ2n) is 5.70. The van der Waals surface area contributed by atoms with E-state index < -0.39 is 0 Å². The van der Waals surface area contributed by atoms with Gasteiger partial charge in [0.05, 0.1) is 9.26 Å². The van der Waals surface area contributed by atoms with Crippen molar-refractivity contribution in [2.75, 3.05) is 11.9 Å². The summed E-state index contributed by atoms with van der Waals surface area (Å²) in [5.74, 6) is 1.53. The summed E-state index contributed by atoms with van der Waals surface area (Å²) in [5, 5.41) is 3.31. The summed E-state index contributed by atoms with van der Waals surface area (Å²) in [6, 6.07) is 3.88. The highest BCUT2D eigenvalue weighted by atomic mass is 127. The topological polar surface area (TPSA) is 50.7 Å². The minimum Gasteiger partial charge on any atom is -0.369 e. The Morgan fingerprint density at radius 2 is 1.95 bits per heavy atom. The molecule has 1 N–H and O–H groups in total. The maximum atomic E-state index is 4.75. The third kappa shape index (κ3) is 3.91. The van der Waals surface area contributed by atoms with Crippen molar-refractivity contribution in [3.8, 4) is 11.5 Å². The minimum atomic E-state index is -0.0479. The lowest BCUT2D eigenvalue weighted by molar-refractivity contribution is 0.564. The van der Waals surface area contributed by atoms with Crippen LogP contribution in [-0.4, -0.2) is 21.5 Å². The number of pyridine rings is 1. The van der Waals surface area contributed by atoms with Crippen LogP contribution in [0.4, 0.5) is 5.82 Å².